The Bertz CT molecular complexity index is 763. The largest absolute Gasteiger partial charge is 0.465 e. The predicted molar refractivity (Wildman–Crippen MR) is 90.6 cm³/mol. The normalized spacial score (nSPS) is 10.1. The second-order valence-corrected chi connectivity index (χ2v) is 5.37. The Balaban J connectivity index is 2.74. The van der Waals surface area contributed by atoms with E-state index in [4.69, 9.17) is 4.74 Å². The third-order valence-corrected chi connectivity index (χ3v) is 3.76. The lowest BCUT2D eigenvalue weighted by atomic mass is 9.93. The molecule has 0 heterocycles. The average molecular weight is 312 g/mol. The van der Waals surface area contributed by atoms with Gasteiger partial charge in [0.25, 0.3) is 0 Å². The smallest absolute Gasteiger partial charge is 0.338 e. The summed E-state index contributed by atoms with van der Waals surface area (Å²) in [6.07, 6.45) is 0.767. The van der Waals surface area contributed by atoms with Gasteiger partial charge in [-0.25, -0.2) is 4.79 Å². The van der Waals surface area contributed by atoms with Crippen molar-refractivity contribution in [1.82, 2.24) is 0 Å². The maximum atomic E-state index is 12.0. The van der Waals surface area contributed by atoms with Crippen LogP contribution < -0.4 is 0 Å². The van der Waals surface area contributed by atoms with Crippen LogP contribution in [0, 0.1) is 0 Å². The Morgan fingerprint density at radius 3 is 2.59 bits per heavy atom. The quantitative estimate of drug-likeness (QED) is 0.521. The molecule has 0 aliphatic carbocycles. The summed E-state index contributed by atoms with van der Waals surface area (Å²) in [6, 6.07) is 10.6. The molecule has 2 aromatic carbocycles. The molecular formula is C18H16O3S. The van der Waals surface area contributed by atoms with Crippen LogP contribution in [-0.4, -0.2) is 19.4 Å². The molecule has 0 fully saturated rings. The second kappa shape index (κ2) is 6.62. The lowest BCUT2D eigenvalue weighted by molar-refractivity contribution is 0.0601. The van der Waals surface area contributed by atoms with Crippen molar-refractivity contribution in [2.75, 3.05) is 7.11 Å². The van der Waals surface area contributed by atoms with Crippen LogP contribution in [-0.2, 0) is 4.74 Å². The SMILES string of the molecule is C=C(C)c1ccc(-c2c(S)cccc2C(=O)OC)c(C=O)c1. The zero-order chi connectivity index (χ0) is 16.3. The molecule has 112 valence electrons. The van der Waals surface area contributed by atoms with E-state index in [2.05, 4.69) is 19.2 Å². The first-order valence-corrected chi connectivity index (χ1v) is 7.10. The van der Waals surface area contributed by atoms with Crippen LogP contribution in [0.5, 0.6) is 0 Å². The lowest BCUT2D eigenvalue weighted by Crippen LogP contribution is -2.05. The van der Waals surface area contributed by atoms with Crippen molar-refractivity contribution in [3.63, 3.8) is 0 Å². The van der Waals surface area contributed by atoms with Gasteiger partial charge in [0.15, 0.2) is 6.29 Å². The third-order valence-electron chi connectivity index (χ3n) is 3.39. The zero-order valence-corrected chi connectivity index (χ0v) is 13.3. The molecule has 0 unspecified atom stereocenters. The number of hydrogen-bond donors (Lipinski definition) is 1. The number of ether oxygens (including phenoxy) is 1. The molecule has 0 aromatic heterocycles. The van der Waals surface area contributed by atoms with E-state index in [1.54, 1.807) is 30.3 Å². The molecule has 0 radical (unpaired) electrons. The van der Waals surface area contributed by atoms with E-state index in [0.29, 0.717) is 27.1 Å². The van der Waals surface area contributed by atoms with E-state index in [0.717, 1.165) is 17.4 Å². The summed E-state index contributed by atoms with van der Waals surface area (Å²) >= 11 is 4.42. The molecule has 0 bridgehead atoms. The third kappa shape index (κ3) is 2.97. The standard InChI is InChI=1S/C18H16O3S/c1-11(2)12-7-8-14(13(9-12)10-19)17-15(18(20)21-3)5-4-6-16(17)22/h4-10,22H,1H2,2-3H3. The fraction of sp³-hybridized carbons (Fsp3) is 0.111. The summed E-state index contributed by atoms with van der Waals surface area (Å²) in [6.45, 7) is 5.75. The van der Waals surface area contributed by atoms with E-state index in [-0.39, 0.29) is 0 Å². The molecule has 0 saturated carbocycles. The molecule has 0 amide bonds. The number of esters is 1. The Labute approximate surface area is 135 Å². The van der Waals surface area contributed by atoms with Crippen LogP contribution in [0.25, 0.3) is 16.7 Å². The number of hydrogen-bond acceptors (Lipinski definition) is 4. The van der Waals surface area contributed by atoms with Gasteiger partial charge in [-0.2, -0.15) is 0 Å². The average Bonchev–Trinajstić information content (AvgIpc) is 2.53. The van der Waals surface area contributed by atoms with Crippen molar-refractivity contribution >= 4 is 30.5 Å². The molecule has 0 aliphatic heterocycles. The maximum Gasteiger partial charge on any atom is 0.338 e. The van der Waals surface area contributed by atoms with Gasteiger partial charge in [-0.05, 0) is 36.2 Å². The van der Waals surface area contributed by atoms with Crippen molar-refractivity contribution in [2.24, 2.45) is 0 Å². The van der Waals surface area contributed by atoms with Gasteiger partial charge in [-0.15, -0.1) is 12.6 Å². The highest BCUT2D eigenvalue weighted by molar-refractivity contribution is 7.80. The highest BCUT2D eigenvalue weighted by Crippen LogP contribution is 2.34. The minimum Gasteiger partial charge on any atom is -0.465 e. The van der Waals surface area contributed by atoms with Gasteiger partial charge >= 0.3 is 5.97 Å². The predicted octanol–water partition coefficient (Wildman–Crippen LogP) is 4.27. The summed E-state index contributed by atoms with van der Waals surface area (Å²) in [5.74, 6) is -0.466. The van der Waals surface area contributed by atoms with E-state index in [9.17, 15) is 9.59 Å². The Hall–Kier alpha value is -2.33. The van der Waals surface area contributed by atoms with Gasteiger partial charge in [0.05, 0.1) is 12.7 Å². The topological polar surface area (TPSA) is 43.4 Å². The molecule has 3 nitrogen and oxygen atoms in total. The number of allylic oxidation sites excluding steroid dienone is 1. The fourth-order valence-corrected chi connectivity index (χ4v) is 2.58. The number of carbonyl (C=O) groups excluding carboxylic acids is 2. The number of benzene rings is 2. The first-order valence-electron chi connectivity index (χ1n) is 6.65. The van der Waals surface area contributed by atoms with Crippen molar-refractivity contribution in [3.05, 3.63) is 59.7 Å². The molecule has 0 saturated heterocycles. The van der Waals surface area contributed by atoms with E-state index in [1.807, 2.05) is 13.0 Å². The van der Waals surface area contributed by atoms with E-state index >= 15 is 0 Å². The monoisotopic (exact) mass is 312 g/mol. The molecule has 4 heteroatoms. The van der Waals surface area contributed by atoms with Gasteiger partial charge < -0.3 is 4.74 Å². The summed E-state index contributed by atoms with van der Waals surface area (Å²) in [5, 5.41) is 0. The minimum atomic E-state index is -0.466. The zero-order valence-electron chi connectivity index (χ0n) is 12.4. The van der Waals surface area contributed by atoms with E-state index in [1.165, 1.54) is 7.11 Å². The number of rotatable bonds is 4. The van der Waals surface area contributed by atoms with Crippen LogP contribution in [0.1, 0.15) is 33.2 Å². The van der Waals surface area contributed by atoms with Gasteiger partial charge in [-0.1, -0.05) is 30.4 Å². The highest BCUT2D eigenvalue weighted by atomic mass is 32.1. The molecule has 0 N–H and O–H groups in total. The summed E-state index contributed by atoms with van der Waals surface area (Å²) in [7, 11) is 1.32. The Kier molecular flexibility index (Phi) is 4.83. The molecular weight excluding hydrogens is 296 g/mol. The summed E-state index contributed by atoms with van der Waals surface area (Å²) < 4.78 is 4.81. The fourth-order valence-electron chi connectivity index (χ4n) is 2.26. The Morgan fingerprint density at radius 2 is 2.00 bits per heavy atom. The number of aldehydes is 1. The maximum absolute atomic E-state index is 12.0. The molecule has 2 aromatic rings. The molecule has 0 spiro atoms. The van der Waals surface area contributed by atoms with Gasteiger partial charge in [-0.3, -0.25) is 4.79 Å². The molecule has 0 atom stereocenters. The van der Waals surface area contributed by atoms with Crippen LogP contribution in [0.15, 0.2) is 47.9 Å². The van der Waals surface area contributed by atoms with Crippen LogP contribution >= 0.6 is 12.6 Å². The number of thiol groups is 1. The van der Waals surface area contributed by atoms with Gasteiger partial charge in [0.2, 0.25) is 0 Å². The van der Waals surface area contributed by atoms with Crippen molar-refractivity contribution in [3.8, 4) is 11.1 Å². The first kappa shape index (κ1) is 16.0. The highest BCUT2D eigenvalue weighted by Gasteiger charge is 2.18. The molecule has 0 aliphatic rings. The number of methoxy groups -OCH3 is 1. The lowest BCUT2D eigenvalue weighted by Gasteiger charge is -2.14. The number of carbonyl (C=O) groups is 2. The van der Waals surface area contributed by atoms with Crippen molar-refractivity contribution < 1.29 is 14.3 Å². The van der Waals surface area contributed by atoms with Gasteiger partial charge in [0, 0.05) is 16.0 Å². The van der Waals surface area contributed by atoms with Crippen LogP contribution in [0.2, 0.25) is 0 Å². The van der Waals surface area contributed by atoms with Crippen LogP contribution in [0.3, 0.4) is 0 Å². The van der Waals surface area contributed by atoms with Crippen LogP contribution in [0.4, 0.5) is 0 Å². The molecule has 2 rings (SSSR count). The first-order chi connectivity index (χ1) is 10.5. The van der Waals surface area contributed by atoms with E-state index < -0.39 is 5.97 Å². The summed E-state index contributed by atoms with van der Waals surface area (Å²) in [4.78, 5) is 24.0. The van der Waals surface area contributed by atoms with Gasteiger partial charge in [0.1, 0.15) is 0 Å². The summed E-state index contributed by atoms with van der Waals surface area (Å²) in [5.41, 5.74) is 3.83. The second-order valence-electron chi connectivity index (χ2n) is 4.89. The Morgan fingerprint density at radius 1 is 1.27 bits per heavy atom. The van der Waals surface area contributed by atoms with Crippen molar-refractivity contribution in [1.29, 1.82) is 0 Å². The molecule has 22 heavy (non-hydrogen) atoms. The van der Waals surface area contributed by atoms with Crippen molar-refractivity contribution in [2.45, 2.75) is 11.8 Å². The minimum absolute atomic E-state index is 0.376.